The summed E-state index contributed by atoms with van der Waals surface area (Å²) in [6.45, 7) is 24.9. The average Bonchev–Trinajstić information content (AvgIpc) is 2.55. The predicted molar refractivity (Wildman–Crippen MR) is 125 cm³/mol. The van der Waals surface area contributed by atoms with Crippen LogP contribution in [0.15, 0.2) is 0 Å². The molecule has 0 spiro atoms. The van der Waals surface area contributed by atoms with Crippen LogP contribution in [0, 0.1) is 5.41 Å². The van der Waals surface area contributed by atoms with E-state index < -0.39 is 8.45 Å². The molecular weight excluding hydrogens is 391 g/mol. The Morgan fingerprint density at radius 3 is 1.68 bits per heavy atom. The van der Waals surface area contributed by atoms with Crippen LogP contribution >= 0.6 is 20.2 Å². The molecular formula is C21H45N2O3PS. The van der Waals surface area contributed by atoms with Crippen LogP contribution in [0.2, 0.25) is 0 Å². The van der Waals surface area contributed by atoms with Gasteiger partial charge in [-0.25, -0.2) is 9.34 Å². The molecule has 0 aromatic heterocycles. The average molecular weight is 437 g/mol. The highest BCUT2D eigenvalue weighted by Gasteiger charge is 2.34. The highest BCUT2D eigenvalue weighted by Crippen LogP contribution is 2.50. The first kappa shape index (κ1) is 28.3. The third-order valence-electron chi connectivity index (χ3n) is 4.66. The Labute approximate surface area is 180 Å². The van der Waals surface area contributed by atoms with Crippen molar-refractivity contribution in [2.75, 3.05) is 19.2 Å². The SMILES string of the molecule is CCC(C)(C)C(=O)SCOCCOP(N(C(C)C)C(C)C)N(C(C)C)C(C)C. The summed E-state index contributed by atoms with van der Waals surface area (Å²) in [6.07, 6.45) is 0.840. The van der Waals surface area contributed by atoms with Gasteiger partial charge < -0.3 is 9.26 Å². The number of ether oxygens (including phenoxy) is 1. The molecule has 0 atom stereocenters. The van der Waals surface area contributed by atoms with Gasteiger partial charge in [-0.1, -0.05) is 32.5 Å². The van der Waals surface area contributed by atoms with Crippen LogP contribution in [-0.2, 0) is 14.1 Å². The van der Waals surface area contributed by atoms with Gasteiger partial charge in [-0.15, -0.1) is 0 Å². The molecule has 0 aromatic carbocycles. The second-order valence-corrected chi connectivity index (χ2v) is 11.5. The molecule has 0 N–H and O–H groups in total. The van der Waals surface area contributed by atoms with Gasteiger partial charge in [0.2, 0.25) is 0 Å². The van der Waals surface area contributed by atoms with E-state index in [1.807, 2.05) is 20.8 Å². The molecule has 0 rings (SSSR count). The lowest BCUT2D eigenvalue weighted by Crippen LogP contribution is -2.43. The van der Waals surface area contributed by atoms with E-state index in [-0.39, 0.29) is 10.5 Å². The molecule has 0 radical (unpaired) electrons. The minimum absolute atomic E-state index is 0.190. The monoisotopic (exact) mass is 436 g/mol. The first-order valence-corrected chi connectivity index (χ1v) is 12.8. The van der Waals surface area contributed by atoms with Crippen molar-refractivity contribution in [3.05, 3.63) is 0 Å². The fraction of sp³-hybridized carbons (Fsp3) is 0.952. The van der Waals surface area contributed by atoms with E-state index in [0.29, 0.717) is 43.3 Å². The van der Waals surface area contributed by atoms with Crippen molar-refractivity contribution in [3.8, 4) is 0 Å². The summed E-state index contributed by atoms with van der Waals surface area (Å²) in [7, 11) is -0.887. The van der Waals surface area contributed by atoms with Crippen molar-refractivity contribution < 1.29 is 14.1 Å². The van der Waals surface area contributed by atoms with Crippen molar-refractivity contribution >= 4 is 25.3 Å². The van der Waals surface area contributed by atoms with Crippen molar-refractivity contribution in [2.45, 2.75) is 107 Å². The summed E-state index contributed by atoms with van der Waals surface area (Å²) >= 11 is 1.27. The second kappa shape index (κ2) is 13.6. The van der Waals surface area contributed by atoms with Crippen LogP contribution in [0.25, 0.3) is 0 Å². The maximum Gasteiger partial charge on any atom is 0.196 e. The zero-order valence-corrected chi connectivity index (χ0v) is 21.8. The van der Waals surface area contributed by atoms with Crippen molar-refractivity contribution in [3.63, 3.8) is 0 Å². The second-order valence-electron chi connectivity index (χ2n) is 8.92. The number of rotatable bonds is 14. The van der Waals surface area contributed by atoms with Crippen LogP contribution in [0.5, 0.6) is 0 Å². The molecule has 0 bridgehead atoms. The molecule has 0 unspecified atom stereocenters. The summed E-state index contributed by atoms with van der Waals surface area (Å²) in [5, 5.41) is 0.190. The van der Waals surface area contributed by atoms with Gasteiger partial charge in [-0.05, 0) is 61.8 Å². The van der Waals surface area contributed by atoms with Crippen LogP contribution in [0.1, 0.15) is 82.6 Å². The molecule has 28 heavy (non-hydrogen) atoms. The highest BCUT2D eigenvalue weighted by atomic mass is 32.2. The largest absolute Gasteiger partial charge is 0.368 e. The molecule has 0 saturated heterocycles. The van der Waals surface area contributed by atoms with Crippen LogP contribution in [0.3, 0.4) is 0 Å². The summed E-state index contributed by atoms with van der Waals surface area (Å²) < 4.78 is 17.0. The zero-order chi connectivity index (χ0) is 22.1. The molecule has 0 heterocycles. The maximum atomic E-state index is 12.2. The van der Waals surface area contributed by atoms with Gasteiger partial charge in [-0.3, -0.25) is 4.79 Å². The van der Waals surface area contributed by atoms with Gasteiger partial charge in [0, 0.05) is 29.6 Å². The van der Waals surface area contributed by atoms with Crippen LogP contribution in [-0.4, -0.2) is 57.8 Å². The van der Waals surface area contributed by atoms with Gasteiger partial charge >= 0.3 is 0 Å². The van der Waals surface area contributed by atoms with E-state index in [1.54, 1.807) is 0 Å². The van der Waals surface area contributed by atoms with E-state index in [2.05, 4.69) is 64.7 Å². The lowest BCUT2D eigenvalue weighted by atomic mass is 9.92. The van der Waals surface area contributed by atoms with Gasteiger partial charge in [0.05, 0.1) is 19.2 Å². The first-order valence-electron chi connectivity index (χ1n) is 10.6. The Bertz CT molecular complexity index is 409. The number of carbonyl (C=O) groups excluding carboxylic acids is 1. The Balaban J connectivity index is 4.80. The lowest BCUT2D eigenvalue weighted by Gasteiger charge is -2.45. The molecule has 5 nitrogen and oxygen atoms in total. The normalized spacial score (nSPS) is 13.4. The van der Waals surface area contributed by atoms with E-state index in [9.17, 15) is 4.79 Å². The number of nitrogens with zero attached hydrogens (tertiary/aromatic N) is 2. The Morgan fingerprint density at radius 1 is 0.893 bits per heavy atom. The quantitative estimate of drug-likeness (QED) is 0.185. The molecule has 0 saturated carbocycles. The van der Waals surface area contributed by atoms with Gasteiger partial charge in [0.15, 0.2) is 13.6 Å². The van der Waals surface area contributed by atoms with E-state index >= 15 is 0 Å². The summed E-state index contributed by atoms with van der Waals surface area (Å²) in [6, 6.07) is 1.60. The molecule has 168 valence electrons. The van der Waals surface area contributed by atoms with Crippen LogP contribution in [0.4, 0.5) is 0 Å². The number of carbonyl (C=O) groups is 1. The zero-order valence-electron chi connectivity index (χ0n) is 20.1. The van der Waals surface area contributed by atoms with E-state index in [4.69, 9.17) is 9.26 Å². The van der Waals surface area contributed by atoms with E-state index in [0.717, 1.165) is 6.42 Å². The fourth-order valence-electron chi connectivity index (χ4n) is 2.91. The van der Waals surface area contributed by atoms with Crippen LogP contribution < -0.4 is 0 Å². The Kier molecular flexibility index (Phi) is 13.7. The third kappa shape index (κ3) is 9.40. The number of thioether (sulfide) groups is 1. The van der Waals surface area contributed by atoms with Crippen molar-refractivity contribution in [1.29, 1.82) is 0 Å². The Hall–Kier alpha value is 0.290. The molecule has 0 aromatic rings. The molecule has 7 heteroatoms. The predicted octanol–water partition coefficient (Wildman–Crippen LogP) is 6.14. The number of hydrogen-bond donors (Lipinski definition) is 0. The minimum Gasteiger partial charge on any atom is -0.368 e. The van der Waals surface area contributed by atoms with E-state index in [1.165, 1.54) is 11.8 Å². The maximum absolute atomic E-state index is 12.2. The van der Waals surface area contributed by atoms with Crippen molar-refractivity contribution in [1.82, 2.24) is 9.34 Å². The smallest absolute Gasteiger partial charge is 0.196 e. The fourth-order valence-corrected chi connectivity index (χ4v) is 6.07. The summed E-state index contributed by atoms with van der Waals surface area (Å²) in [4.78, 5) is 12.2. The lowest BCUT2D eigenvalue weighted by molar-refractivity contribution is -0.118. The molecule has 0 aliphatic carbocycles. The molecule has 0 aliphatic heterocycles. The third-order valence-corrected chi connectivity index (χ3v) is 8.81. The van der Waals surface area contributed by atoms with Gasteiger partial charge in [-0.2, -0.15) is 0 Å². The van der Waals surface area contributed by atoms with Gasteiger partial charge in [0.1, 0.15) is 0 Å². The number of hydrogen-bond acceptors (Lipinski definition) is 6. The molecule has 0 fully saturated rings. The summed E-state index contributed by atoms with van der Waals surface area (Å²) in [5.41, 5.74) is -0.289. The first-order chi connectivity index (χ1) is 12.9. The van der Waals surface area contributed by atoms with Gasteiger partial charge in [0.25, 0.3) is 0 Å². The highest BCUT2D eigenvalue weighted by molar-refractivity contribution is 8.13. The topological polar surface area (TPSA) is 42.0 Å². The Morgan fingerprint density at radius 2 is 1.32 bits per heavy atom. The molecule has 0 aliphatic rings. The van der Waals surface area contributed by atoms with Crippen molar-refractivity contribution in [2.24, 2.45) is 5.41 Å². The molecule has 0 amide bonds. The minimum atomic E-state index is -0.887. The standard InChI is InChI=1S/C21H45N2O3PS/c1-12-21(10,11)20(24)28-15-25-13-14-26-27(22(16(2)3)17(4)5)23(18(6)7)19(8)9/h16-19H,12-15H2,1-11H3. The summed E-state index contributed by atoms with van der Waals surface area (Å²) in [5.74, 6) is 0.389.